The predicted molar refractivity (Wildman–Crippen MR) is 71.1 cm³/mol. The molecule has 4 heteroatoms. The Morgan fingerprint density at radius 3 is 3.06 bits per heavy atom. The summed E-state index contributed by atoms with van der Waals surface area (Å²) in [6.45, 7) is 2.13. The van der Waals surface area contributed by atoms with Crippen LogP contribution in [-0.2, 0) is 6.54 Å². The van der Waals surface area contributed by atoms with Crippen LogP contribution in [0.3, 0.4) is 0 Å². The fourth-order valence-corrected chi connectivity index (χ4v) is 2.54. The van der Waals surface area contributed by atoms with Gasteiger partial charge in [-0.25, -0.2) is 4.98 Å². The minimum absolute atomic E-state index is 0.573. The topological polar surface area (TPSA) is 42.7 Å². The number of hydrogen-bond donors (Lipinski definition) is 1. The average Bonchev–Trinajstić information content (AvgIpc) is 2.89. The molecule has 1 atom stereocenters. The van der Waals surface area contributed by atoms with Crippen molar-refractivity contribution >= 4 is 0 Å². The van der Waals surface area contributed by atoms with E-state index in [4.69, 9.17) is 0 Å². The molecule has 2 aromatic rings. The van der Waals surface area contributed by atoms with Gasteiger partial charge in [-0.1, -0.05) is 6.42 Å². The number of nitrogens with one attached hydrogen (secondary N) is 1. The Morgan fingerprint density at radius 2 is 2.28 bits per heavy atom. The number of rotatable bonds is 3. The lowest BCUT2D eigenvalue weighted by atomic mass is 10.0. The second-order valence-electron chi connectivity index (χ2n) is 4.82. The number of imidazole rings is 1. The first-order valence-corrected chi connectivity index (χ1v) is 6.57. The summed E-state index contributed by atoms with van der Waals surface area (Å²) < 4.78 is 2.22. The number of piperidine rings is 1. The molecule has 1 N–H and O–H groups in total. The largest absolute Gasteiger partial charge is 0.329 e. The van der Waals surface area contributed by atoms with Gasteiger partial charge in [-0.2, -0.15) is 0 Å². The second-order valence-corrected chi connectivity index (χ2v) is 4.82. The molecule has 0 spiro atoms. The number of nitrogens with zero attached hydrogens (tertiary/aromatic N) is 3. The van der Waals surface area contributed by atoms with Crippen LogP contribution in [0, 0.1) is 0 Å². The fourth-order valence-electron chi connectivity index (χ4n) is 2.54. The van der Waals surface area contributed by atoms with E-state index >= 15 is 0 Å². The standard InChI is InChI=1S/C14H18N4/c1-2-7-17-13(5-1)10-18-11-16-9-14(18)12-4-3-6-15-8-12/h3-4,6,8-9,11,13,17H,1-2,5,7,10H2. The zero-order valence-electron chi connectivity index (χ0n) is 10.4. The van der Waals surface area contributed by atoms with Crippen LogP contribution < -0.4 is 5.32 Å². The molecule has 2 aromatic heterocycles. The molecule has 1 aliphatic heterocycles. The third-order valence-electron chi connectivity index (χ3n) is 3.50. The molecule has 1 fully saturated rings. The van der Waals surface area contributed by atoms with Crippen molar-refractivity contribution in [1.29, 1.82) is 0 Å². The monoisotopic (exact) mass is 242 g/mol. The Labute approximate surface area is 107 Å². The Bertz CT molecular complexity index is 486. The van der Waals surface area contributed by atoms with Crippen LogP contribution in [0.2, 0.25) is 0 Å². The summed E-state index contributed by atoms with van der Waals surface area (Å²) in [5, 5.41) is 3.57. The molecule has 0 radical (unpaired) electrons. The zero-order chi connectivity index (χ0) is 12.2. The average molecular weight is 242 g/mol. The first-order valence-electron chi connectivity index (χ1n) is 6.57. The van der Waals surface area contributed by atoms with E-state index in [0.717, 1.165) is 24.3 Å². The highest BCUT2D eigenvalue weighted by Gasteiger charge is 2.14. The van der Waals surface area contributed by atoms with Crippen molar-refractivity contribution in [3.63, 3.8) is 0 Å². The maximum atomic E-state index is 4.27. The van der Waals surface area contributed by atoms with E-state index < -0.39 is 0 Å². The summed E-state index contributed by atoms with van der Waals surface area (Å²) in [6, 6.07) is 4.61. The van der Waals surface area contributed by atoms with Crippen LogP contribution in [0.15, 0.2) is 37.1 Å². The Kier molecular flexibility index (Phi) is 3.37. The van der Waals surface area contributed by atoms with Gasteiger partial charge in [0.25, 0.3) is 0 Å². The lowest BCUT2D eigenvalue weighted by Gasteiger charge is -2.24. The molecule has 18 heavy (non-hydrogen) atoms. The van der Waals surface area contributed by atoms with Gasteiger partial charge in [0.1, 0.15) is 0 Å². The fraction of sp³-hybridized carbons (Fsp3) is 0.429. The van der Waals surface area contributed by atoms with E-state index in [2.05, 4.69) is 25.9 Å². The lowest BCUT2D eigenvalue weighted by Crippen LogP contribution is -2.37. The highest BCUT2D eigenvalue weighted by molar-refractivity contribution is 5.57. The Balaban J connectivity index is 1.79. The molecule has 0 bridgehead atoms. The zero-order valence-corrected chi connectivity index (χ0v) is 10.4. The van der Waals surface area contributed by atoms with Crippen LogP contribution >= 0.6 is 0 Å². The van der Waals surface area contributed by atoms with E-state index in [1.54, 1.807) is 6.20 Å². The third kappa shape index (κ3) is 2.43. The van der Waals surface area contributed by atoms with Crippen LogP contribution in [0.1, 0.15) is 19.3 Å². The number of hydrogen-bond acceptors (Lipinski definition) is 3. The normalized spacial score (nSPS) is 19.9. The van der Waals surface area contributed by atoms with Crippen molar-refractivity contribution in [2.24, 2.45) is 0 Å². The number of aromatic nitrogens is 3. The molecule has 94 valence electrons. The van der Waals surface area contributed by atoms with Gasteiger partial charge in [-0.05, 0) is 31.5 Å². The smallest absolute Gasteiger partial charge is 0.0951 e. The molecular formula is C14H18N4. The van der Waals surface area contributed by atoms with E-state index in [0.29, 0.717) is 6.04 Å². The van der Waals surface area contributed by atoms with E-state index in [9.17, 15) is 0 Å². The highest BCUT2D eigenvalue weighted by Crippen LogP contribution is 2.19. The predicted octanol–water partition coefficient (Wildman–Crippen LogP) is 2.09. The molecule has 0 aliphatic carbocycles. The van der Waals surface area contributed by atoms with Crippen molar-refractivity contribution in [3.8, 4) is 11.3 Å². The third-order valence-corrected chi connectivity index (χ3v) is 3.50. The summed E-state index contributed by atoms with van der Waals surface area (Å²) in [6.07, 6.45) is 11.4. The summed E-state index contributed by atoms with van der Waals surface area (Å²) in [5.74, 6) is 0. The molecule has 3 heterocycles. The molecule has 1 aliphatic rings. The van der Waals surface area contributed by atoms with Crippen LogP contribution in [0.25, 0.3) is 11.3 Å². The minimum Gasteiger partial charge on any atom is -0.329 e. The van der Waals surface area contributed by atoms with Gasteiger partial charge < -0.3 is 9.88 Å². The molecule has 3 rings (SSSR count). The maximum Gasteiger partial charge on any atom is 0.0951 e. The van der Waals surface area contributed by atoms with Gasteiger partial charge in [0, 0.05) is 30.5 Å². The van der Waals surface area contributed by atoms with Crippen LogP contribution in [0.5, 0.6) is 0 Å². The van der Waals surface area contributed by atoms with Gasteiger partial charge in [0.2, 0.25) is 0 Å². The first kappa shape index (κ1) is 11.4. The SMILES string of the molecule is c1cncc(-c2cncn2CC2CCCCN2)c1. The molecule has 0 amide bonds. The van der Waals surface area contributed by atoms with E-state index in [1.165, 1.54) is 19.3 Å². The summed E-state index contributed by atoms with van der Waals surface area (Å²) in [4.78, 5) is 8.44. The minimum atomic E-state index is 0.573. The molecule has 0 saturated carbocycles. The van der Waals surface area contributed by atoms with Crippen molar-refractivity contribution in [2.45, 2.75) is 31.8 Å². The lowest BCUT2D eigenvalue weighted by molar-refractivity contribution is 0.364. The van der Waals surface area contributed by atoms with Crippen molar-refractivity contribution in [1.82, 2.24) is 19.9 Å². The summed E-state index contributed by atoms with van der Waals surface area (Å²) in [7, 11) is 0. The molecule has 0 aromatic carbocycles. The van der Waals surface area contributed by atoms with Gasteiger partial charge in [0.05, 0.1) is 18.2 Å². The van der Waals surface area contributed by atoms with Crippen LogP contribution in [0.4, 0.5) is 0 Å². The molecule has 1 unspecified atom stereocenters. The maximum absolute atomic E-state index is 4.27. The number of pyridine rings is 1. The van der Waals surface area contributed by atoms with Gasteiger partial charge in [-0.15, -0.1) is 0 Å². The van der Waals surface area contributed by atoms with E-state index in [-0.39, 0.29) is 0 Å². The van der Waals surface area contributed by atoms with Gasteiger partial charge in [0.15, 0.2) is 0 Å². The highest BCUT2D eigenvalue weighted by atomic mass is 15.1. The summed E-state index contributed by atoms with van der Waals surface area (Å²) in [5.41, 5.74) is 2.28. The molecular weight excluding hydrogens is 224 g/mol. The Hall–Kier alpha value is -1.68. The van der Waals surface area contributed by atoms with Crippen molar-refractivity contribution in [2.75, 3.05) is 6.54 Å². The second kappa shape index (κ2) is 5.31. The van der Waals surface area contributed by atoms with E-state index in [1.807, 2.05) is 24.8 Å². The summed E-state index contributed by atoms with van der Waals surface area (Å²) >= 11 is 0. The Morgan fingerprint density at radius 1 is 1.28 bits per heavy atom. The van der Waals surface area contributed by atoms with Gasteiger partial charge in [-0.3, -0.25) is 4.98 Å². The quantitative estimate of drug-likeness (QED) is 0.896. The first-order chi connectivity index (χ1) is 8.93. The molecule has 4 nitrogen and oxygen atoms in total. The van der Waals surface area contributed by atoms with Crippen LogP contribution in [-0.4, -0.2) is 27.1 Å². The van der Waals surface area contributed by atoms with Gasteiger partial charge >= 0.3 is 0 Å². The molecule has 1 saturated heterocycles. The van der Waals surface area contributed by atoms with Crippen molar-refractivity contribution < 1.29 is 0 Å². The van der Waals surface area contributed by atoms with Crippen molar-refractivity contribution in [3.05, 3.63) is 37.1 Å².